The Balaban J connectivity index is 0. The molecular formula is C4H7F3O2. The van der Waals surface area contributed by atoms with E-state index in [0.717, 1.165) is 0 Å². The highest BCUT2D eigenvalue weighted by Crippen LogP contribution is 2.08. The molecule has 0 unspecified atom stereocenters. The maximum Gasteiger partial charge on any atom is 0.446 e. The zero-order valence-corrected chi connectivity index (χ0v) is 5.03. The highest BCUT2D eigenvalue weighted by Gasteiger charge is 2.24. The van der Waals surface area contributed by atoms with Crippen molar-refractivity contribution in [2.45, 2.75) is 6.18 Å². The first-order valence-electron chi connectivity index (χ1n) is 1.91. The molecule has 5 heteroatoms. The smallest absolute Gasteiger partial charge is 0.388 e. The van der Waals surface area contributed by atoms with Crippen LogP contribution in [0.3, 0.4) is 0 Å². The highest BCUT2D eigenvalue weighted by atomic mass is 19.4. The van der Waals surface area contributed by atoms with Gasteiger partial charge in [0.25, 0.3) is 0 Å². The van der Waals surface area contributed by atoms with Gasteiger partial charge in [0.1, 0.15) is 0 Å². The molecule has 2 nitrogen and oxygen atoms in total. The van der Waals surface area contributed by atoms with Gasteiger partial charge in [-0.15, -0.1) is 0 Å². The SMILES string of the molecule is COC.O=CC(F)(F)F. The summed E-state index contributed by atoms with van der Waals surface area (Å²) in [5, 5.41) is 0. The van der Waals surface area contributed by atoms with Crippen molar-refractivity contribution < 1.29 is 22.7 Å². The third-order valence-corrected chi connectivity index (χ3v) is 0.134. The summed E-state index contributed by atoms with van der Waals surface area (Å²) in [6.07, 6.45) is -5.70. The zero-order valence-electron chi connectivity index (χ0n) is 5.03. The van der Waals surface area contributed by atoms with E-state index in [4.69, 9.17) is 4.79 Å². The molecule has 0 bridgehead atoms. The predicted molar refractivity (Wildman–Crippen MR) is 25.1 cm³/mol. The maximum absolute atomic E-state index is 10.4. The molecule has 0 spiro atoms. The molecular weight excluding hydrogens is 137 g/mol. The number of carbonyl (C=O) groups excluding carboxylic acids is 1. The van der Waals surface area contributed by atoms with Crippen LogP contribution in [0.1, 0.15) is 0 Å². The number of hydrogen-bond acceptors (Lipinski definition) is 2. The lowest BCUT2D eigenvalue weighted by Gasteiger charge is -1.87. The third-order valence-electron chi connectivity index (χ3n) is 0.134. The number of aldehydes is 1. The van der Waals surface area contributed by atoms with Crippen LogP contribution in [-0.4, -0.2) is 26.7 Å². The minimum Gasteiger partial charge on any atom is -0.388 e. The molecule has 0 aromatic carbocycles. The van der Waals surface area contributed by atoms with Crippen molar-refractivity contribution in [2.75, 3.05) is 14.2 Å². The number of carbonyl (C=O) groups is 1. The van der Waals surface area contributed by atoms with Gasteiger partial charge < -0.3 is 4.74 Å². The Morgan fingerprint density at radius 3 is 1.44 bits per heavy atom. The van der Waals surface area contributed by atoms with Crippen LogP contribution in [0.15, 0.2) is 0 Å². The van der Waals surface area contributed by atoms with E-state index in [1.165, 1.54) is 0 Å². The predicted octanol–water partition coefficient (Wildman–Crippen LogP) is 1.01. The molecule has 56 valence electrons. The summed E-state index contributed by atoms with van der Waals surface area (Å²) in [5.41, 5.74) is 0. The van der Waals surface area contributed by atoms with Crippen molar-refractivity contribution in [3.8, 4) is 0 Å². The van der Waals surface area contributed by atoms with Gasteiger partial charge >= 0.3 is 6.18 Å². The summed E-state index contributed by atoms with van der Waals surface area (Å²) in [5.74, 6) is 0. The third kappa shape index (κ3) is 37.2. The lowest BCUT2D eigenvalue weighted by molar-refractivity contribution is -0.156. The standard InChI is InChI=1S/C2HF3O.C2H6O/c3-2(4,5)1-6;1-3-2/h1H;1-2H3. The number of hydrogen-bond donors (Lipinski definition) is 0. The largest absolute Gasteiger partial charge is 0.446 e. The van der Waals surface area contributed by atoms with E-state index in [1.54, 1.807) is 14.2 Å². The lowest BCUT2D eigenvalue weighted by Crippen LogP contribution is -2.07. The number of alkyl halides is 3. The topological polar surface area (TPSA) is 26.3 Å². The molecule has 0 amide bonds. The molecule has 0 aromatic rings. The Kier molecular flexibility index (Phi) is 6.94. The van der Waals surface area contributed by atoms with Gasteiger partial charge in [-0.1, -0.05) is 0 Å². The molecule has 0 heterocycles. The molecule has 0 aliphatic carbocycles. The summed E-state index contributed by atoms with van der Waals surface area (Å²) in [6, 6.07) is 0. The van der Waals surface area contributed by atoms with Gasteiger partial charge in [0.15, 0.2) is 0 Å². The Bertz CT molecular complexity index is 68.7. The number of halogens is 3. The summed E-state index contributed by atoms with van der Waals surface area (Å²) in [6.45, 7) is 0. The van der Waals surface area contributed by atoms with Gasteiger partial charge in [-0.3, -0.25) is 4.79 Å². The fourth-order valence-corrected chi connectivity index (χ4v) is 0. The monoisotopic (exact) mass is 144 g/mol. The van der Waals surface area contributed by atoms with Gasteiger partial charge in [-0.25, -0.2) is 0 Å². The summed E-state index contributed by atoms with van der Waals surface area (Å²) >= 11 is 0. The molecule has 0 fully saturated rings. The average molecular weight is 144 g/mol. The molecule has 0 rings (SSSR count). The van der Waals surface area contributed by atoms with E-state index in [-0.39, 0.29) is 0 Å². The maximum atomic E-state index is 10.4. The van der Waals surface area contributed by atoms with Crippen LogP contribution in [0.25, 0.3) is 0 Å². The van der Waals surface area contributed by atoms with Crippen LogP contribution in [-0.2, 0) is 9.53 Å². The first-order valence-corrected chi connectivity index (χ1v) is 1.91. The fourth-order valence-electron chi connectivity index (χ4n) is 0. The number of ether oxygens (including phenoxy) is 1. The lowest BCUT2D eigenvalue weighted by atomic mass is 10.8. The normalized spacial score (nSPS) is 9.44. The van der Waals surface area contributed by atoms with E-state index in [1.807, 2.05) is 0 Å². The summed E-state index contributed by atoms with van der Waals surface area (Å²) < 4.78 is 35.5. The van der Waals surface area contributed by atoms with E-state index in [9.17, 15) is 13.2 Å². The second-order valence-electron chi connectivity index (χ2n) is 1.07. The van der Waals surface area contributed by atoms with Gasteiger partial charge in [0.2, 0.25) is 6.29 Å². The average Bonchev–Trinajstić information content (AvgIpc) is 1.67. The molecule has 0 atom stereocenters. The van der Waals surface area contributed by atoms with Crippen LogP contribution in [0.4, 0.5) is 13.2 Å². The summed E-state index contributed by atoms with van der Waals surface area (Å²) in [7, 11) is 3.25. The second kappa shape index (κ2) is 5.55. The van der Waals surface area contributed by atoms with Crippen molar-refractivity contribution in [1.29, 1.82) is 0 Å². The van der Waals surface area contributed by atoms with Crippen molar-refractivity contribution in [1.82, 2.24) is 0 Å². The van der Waals surface area contributed by atoms with Crippen LogP contribution in [0, 0.1) is 0 Å². The van der Waals surface area contributed by atoms with Gasteiger partial charge in [0, 0.05) is 14.2 Å². The molecule has 9 heavy (non-hydrogen) atoms. The number of methoxy groups -OCH3 is 1. The molecule has 0 N–H and O–H groups in total. The van der Waals surface area contributed by atoms with Crippen LogP contribution >= 0.6 is 0 Å². The highest BCUT2D eigenvalue weighted by molar-refractivity contribution is 5.56. The molecule has 0 saturated carbocycles. The summed E-state index contributed by atoms with van der Waals surface area (Å²) in [4.78, 5) is 8.70. The van der Waals surface area contributed by atoms with Crippen LogP contribution in [0.2, 0.25) is 0 Å². The minimum atomic E-state index is -4.64. The van der Waals surface area contributed by atoms with E-state index in [2.05, 4.69) is 4.74 Å². The van der Waals surface area contributed by atoms with Gasteiger partial charge in [0.05, 0.1) is 0 Å². The van der Waals surface area contributed by atoms with Crippen LogP contribution < -0.4 is 0 Å². The zero-order chi connectivity index (χ0) is 7.91. The molecule has 0 aliphatic rings. The van der Waals surface area contributed by atoms with Gasteiger partial charge in [-0.2, -0.15) is 13.2 Å². The first-order chi connectivity index (χ1) is 3.97. The Morgan fingerprint density at radius 2 is 1.44 bits per heavy atom. The quantitative estimate of drug-likeness (QED) is 0.474. The van der Waals surface area contributed by atoms with Gasteiger partial charge in [-0.05, 0) is 0 Å². The Hall–Kier alpha value is -0.580. The fraction of sp³-hybridized carbons (Fsp3) is 0.750. The van der Waals surface area contributed by atoms with E-state index < -0.39 is 12.5 Å². The van der Waals surface area contributed by atoms with E-state index in [0.29, 0.717) is 0 Å². The van der Waals surface area contributed by atoms with Crippen molar-refractivity contribution in [2.24, 2.45) is 0 Å². The first kappa shape index (κ1) is 11.2. The Morgan fingerprint density at radius 1 is 1.33 bits per heavy atom. The minimum absolute atomic E-state index is 1.06. The molecule has 0 aliphatic heterocycles. The van der Waals surface area contributed by atoms with Crippen molar-refractivity contribution >= 4 is 6.29 Å². The van der Waals surface area contributed by atoms with E-state index >= 15 is 0 Å². The molecule has 0 aromatic heterocycles. The second-order valence-corrected chi connectivity index (χ2v) is 1.07. The van der Waals surface area contributed by atoms with Crippen LogP contribution in [0.5, 0.6) is 0 Å². The number of rotatable bonds is 0. The molecule has 0 radical (unpaired) electrons. The van der Waals surface area contributed by atoms with Crippen molar-refractivity contribution in [3.63, 3.8) is 0 Å². The Labute approximate surface area is 50.6 Å². The molecule has 0 saturated heterocycles. The van der Waals surface area contributed by atoms with Crippen molar-refractivity contribution in [3.05, 3.63) is 0 Å².